The predicted octanol–water partition coefficient (Wildman–Crippen LogP) is 6.95. The monoisotopic (exact) mass is 530 g/mol. The molecule has 0 heterocycles. The summed E-state index contributed by atoms with van der Waals surface area (Å²) in [5.74, 6) is 0. The molecule has 0 aromatic heterocycles. The van der Waals surface area contributed by atoms with Gasteiger partial charge in [-0.3, -0.25) is 0 Å². The van der Waals surface area contributed by atoms with Gasteiger partial charge in [0.05, 0.1) is 0 Å². The standard InChI is InChI=1S/C34H35N4P/c1-35-28-20-12-21-29(36-2)32(28)26-18-11-19-27(33-30(37-3)22-13-23-31(33)38-4)34(26)39(24-14-7-5-8-15-24)25-16-9-6-10-17-25/h5-23,35-38H,1-4H3. The summed E-state index contributed by atoms with van der Waals surface area (Å²) in [6.07, 6.45) is 0. The van der Waals surface area contributed by atoms with Crippen molar-refractivity contribution in [1.29, 1.82) is 0 Å². The molecule has 4 nitrogen and oxygen atoms in total. The van der Waals surface area contributed by atoms with Crippen molar-refractivity contribution in [3.05, 3.63) is 115 Å². The summed E-state index contributed by atoms with van der Waals surface area (Å²) >= 11 is 0. The predicted molar refractivity (Wildman–Crippen MR) is 174 cm³/mol. The van der Waals surface area contributed by atoms with Crippen LogP contribution in [0, 0.1) is 0 Å². The van der Waals surface area contributed by atoms with Crippen LogP contribution in [0.1, 0.15) is 0 Å². The molecule has 0 unspecified atom stereocenters. The van der Waals surface area contributed by atoms with Gasteiger partial charge < -0.3 is 21.3 Å². The second kappa shape index (κ2) is 12.1. The van der Waals surface area contributed by atoms with Gasteiger partial charge in [0.15, 0.2) is 0 Å². The van der Waals surface area contributed by atoms with Gasteiger partial charge in [0.2, 0.25) is 0 Å². The molecule has 0 aliphatic heterocycles. The third-order valence-electron chi connectivity index (χ3n) is 7.03. The molecule has 0 bridgehead atoms. The van der Waals surface area contributed by atoms with Gasteiger partial charge in [-0.25, -0.2) is 0 Å². The SMILES string of the molecule is CNc1cccc(NC)c1-c1cccc(-c2c(NC)cccc2NC)c1P(c1ccccc1)c1ccccc1. The number of hydrogen-bond donors (Lipinski definition) is 4. The normalized spacial score (nSPS) is 10.8. The fourth-order valence-electron chi connectivity index (χ4n) is 5.27. The summed E-state index contributed by atoms with van der Waals surface area (Å²) in [4.78, 5) is 0. The summed E-state index contributed by atoms with van der Waals surface area (Å²) in [5.41, 5.74) is 9.14. The minimum Gasteiger partial charge on any atom is -0.388 e. The Morgan fingerprint density at radius 3 is 1.05 bits per heavy atom. The van der Waals surface area contributed by atoms with E-state index < -0.39 is 7.92 Å². The first-order valence-electron chi connectivity index (χ1n) is 13.2. The summed E-state index contributed by atoms with van der Waals surface area (Å²) in [6, 6.07) is 41.4. The molecule has 5 heteroatoms. The Bertz CT molecular complexity index is 1390. The second-order valence-electron chi connectivity index (χ2n) is 9.16. The van der Waals surface area contributed by atoms with Gasteiger partial charge in [-0.05, 0) is 53.9 Å². The van der Waals surface area contributed by atoms with Crippen molar-refractivity contribution in [3.63, 3.8) is 0 Å². The number of hydrogen-bond acceptors (Lipinski definition) is 4. The molecule has 0 aliphatic rings. The molecular formula is C34H35N4P. The number of rotatable bonds is 9. The maximum atomic E-state index is 3.46. The maximum Gasteiger partial charge on any atom is 0.0438 e. The Hall–Kier alpha value is -4.27. The van der Waals surface area contributed by atoms with E-state index in [1.807, 2.05) is 28.2 Å². The van der Waals surface area contributed by atoms with Crippen LogP contribution in [-0.2, 0) is 0 Å². The lowest BCUT2D eigenvalue weighted by Crippen LogP contribution is -2.24. The Morgan fingerprint density at radius 2 is 0.718 bits per heavy atom. The fourth-order valence-corrected chi connectivity index (χ4v) is 7.88. The van der Waals surface area contributed by atoms with Crippen LogP contribution in [0.2, 0.25) is 0 Å². The van der Waals surface area contributed by atoms with Crippen LogP contribution in [-0.4, -0.2) is 28.2 Å². The molecular weight excluding hydrogens is 495 g/mol. The first-order chi connectivity index (χ1) is 19.2. The average molecular weight is 531 g/mol. The number of nitrogens with one attached hydrogen (secondary N) is 4. The molecule has 5 aromatic carbocycles. The molecule has 5 rings (SSSR count). The molecule has 0 spiro atoms. The lowest BCUT2D eigenvalue weighted by molar-refractivity contribution is 1.45. The highest BCUT2D eigenvalue weighted by molar-refractivity contribution is 7.80. The topological polar surface area (TPSA) is 48.1 Å². The zero-order chi connectivity index (χ0) is 27.2. The smallest absolute Gasteiger partial charge is 0.0438 e. The van der Waals surface area contributed by atoms with Gasteiger partial charge in [0.25, 0.3) is 0 Å². The van der Waals surface area contributed by atoms with E-state index in [0.29, 0.717) is 0 Å². The van der Waals surface area contributed by atoms with Gasteiger partial charge in [-0.1, -0.05) is 91.0 Å². The molecule has 196 valence electrons. The van der Waals surface area contributed by atoms with Crippen molar-refractivity contribution < 1.29 is 0 Å². The van der Waals surface area contributed by atoms with Crippen molar-refractivity contribution >= 4 is 46.6 Å². The molecule has 0 atom stereocenters. The second-order valence-corrected chi connectivity index (χ2v) is 11.3. The zero-order valence-corrected chi connectivity index (χ0v) is 23.8. The Kier molecular flexibility index (Phi) is 8.15. The average Bonchev–Trinajstić information content (AvgIpc) is 3.01. The zero-order valence-electron chi connectivity index (χ0n) is 22.9. The molecule has 0 aliphatic carbocycles. The van der Waals surface area contributed by atoms with E-state index in [9.17, 15) is 0 Å². The van der Waals surface area contributed by atoms with Crippen LogP contribution >= 0.6 is 7.92 Å². The third kappa shape index (κ3) is 5.08. The van der Waals surface area contributed by atoms with Crippen LogP contribution in [0.3, 0.4) is 0 Å². The summed E-state index contributed by atoms with van der Waals surface area (Å²) in [5, 5.41) is 17.8. The highest BCUT2D eigenvalue weighted by Crippen LogP contribution is 2.47. The van der Waals surface area contributed by atoms with Gasteiger partial charge in [-0.2, -0.15) is 0 Å². The van der Waals surface area contributed by atoms with Crippen molar-refractivity contribution in [3.8, 4) is 22.3 Å². The molecule has 0 saturated heterocycles. The van der Waals surface area contributed by atoms with Gasteiger partial charge in [-0.15, -0.1) is 0 Å². The van der Waals surface area contributed by atoms with Crippen molar-refractivity contribution in [1.82, 2.24) is 0 Å². The minimum atomic E-state index is -0.915. The third-order valence-corrected chi connectivity index (χ3v) is 9.59. The van der Waals surface area contributed by atoms with Crippen LogP contribution < -0.4 is 37.2 Å². The molecule has 0 radical (unpaired) electrons. The quantitative estimate of drug-likeness (QED) is 0.156. The van der Waals surface area contributed by atoms with Gasteiger partial charge in [0.1, 0.15) is 0 Å². The van der Waals surface area contributed by atoms with E-state index in [1.54, 1.807) is 0 Å². The van der Waals surface area contributed by atoms with E-state index in [1.165, 1.54) is 38.2 Å². The van der Waals surface area contributed by atoms with Crippen LogP contribution in [0.5, 0.6) is 0 Å². The minimum absolute atomic E-state index is 0.915. The molecule has 4 N–H and O–H groups in total. The Labute approximate surface area is 233 Å². The van der Waals surface area contributed by atoms with Crippen molar-refractivity contribution in [2.75, 3.05) is 49.5 Å². The van der Waals surface area contributed by atoms with E-state index in [4.69, 9.17) is 0 Å². The van der Waals surface area contributed by atoms with E-state index >= 15 is 0 Å². The van der Waals surface area contributed by atoms with E-state index in [2.05, 4.69) is 137 Å². The first kappa shape index (κ1) is 26.3. The van der Waals surface area contributed by atoms with Gasteiger partial charge >= 0.3 is 0 Å². The summed E-state index contributed by atoms with van der Waals surface area (Å²) < 4.78 is 0. The van der Waals surface area contributed by atoms with Crippen LogP contribution in [0.25, 0.3) is 22.3 Å². The van der Waals surface area contributed by atoms with E-state index in [-0.39, 0.29) is 0 Å². The highest BCUT2D eigenvalue weighted by atomic mass is 31.1. The van der Waals surface area contributed by atoms with Crippen LogP contribution in [0.4, 0.5) is 22.7 Å². The molecule has 5 aromatic rings. The highest BCUT2D eigenvalue weighted by Gasteiger charge is 2.27. The molecule has 0 amide bonds. The van der Waals surface area contributed by atoms with Crippen LogP contribution in [0.15, 0.2) is 115 Å². The molecule has 39 heavy (non-hydrogen) atoms. The van der Waals surface area contributed by atoms with Crippen molar-refractivity contribution in [2.45, 2.75) is 0 Å². The maximum absolute atomic E-state index is 3.46. The molecule has 0 saturated carbocycles. The Morgan fingerprint density at radius 1 is 0.385 bits per heavy atom. The van der Waals surface area contributed by atoms with Crippen molar-refractivity contribution in [2.24, 2.45) is 0 Å². The summed E-state index contributed by atoms with van der Waals surface area (Å²) in [6.45, 7) is 0. The largest absolute Gasteiger partial charge is 0.388 e. The molecule has 0 fully saturated rings. The Balaban J connectivity index is 1.96. The summed E-state index contributed by atoms with van der Waals surface area (Å²) in [7, 11) is 7.06. The fraction of sp³-hybridized carbons (Fsp3) is 0.118. The first-order valence-corrected chi connectivity index (χ1v) is 14.6. The lowest BCUT2D eigenvalue weighted by atomic mass is 9.94. The van der Waals surface area contributed by atoms with Gasteiger partial charge in [0, 0.05) is 67.4 Å². The number of anilines is 4. The lowest BCUT2D eigenvalue weighted by Gasteiger charge is -2.28. The number of benzene rings is 5. The van der Waals surface area contributed by atoms with E-state index in [0.717, 1.165) is 22.7 Å².